The van der Waals surface area contributed by atoms with Crippen LogP contribution in [0.3, 0.4) is 0 Å². The van der Waals surface area contributed by atoms with Crippen molar-refractivity contribution in [2.75, 3.05) is 20.3 Å². The van der Waals surface area contributed by atoms with Crippen LogP contribution in [0.25, 0.3) is 22.5 Å². The summed E-state index contributed by atoms with van der Waals surface area (Å²) in [4.78, 5) is 0. The second kappa shape index (κ2) is 8.91. The number of aromatic hydroxyl groups is 2. The van der Waals surface area contributed by atoms with E-state index in [4.69, 9.17) is 9.47 Å². The number of phenolic OH excluding ortho intramolecular Hbond substituents is 2. The van der Waals surface area contributed by atoms with Crippen LogP contribution in [0.5, 0.6) is 17.2 Å². The van der Waals surface area contributed by atoms with E-state index in [1.807, 2.05) is 25.1 Å². The van der Waals surface area contributed by atoms with Crippen molar-refractivity contribution in [3.05, 3.63) is 35.9 Å². The lowest BCUT2D eigenvalue weighted by molar-refractivity contribution is 0.136. The lowest BCUT2D eigenvalue weighted by atomic mass is 9.94. The fourth-order valence-electron chi connectivity index (χ4n) is 3.11. The van der Waals surface area contributed by atoms with Crippen LogP contribution in [-0.4, -0.2) is 50.7 Å². The first-order chi connectivity index (χ1) is 14.0. The van der Waals surface area contributed by atoms with E-state index in [0.29, 0.717) is 48.4 Å². The summed E-state index contributed by atoms with van der Waals surface area (Å²) < 4.78 is 12.4. The summed E-state index contributed by atoms with van der Waals surface area (Å²) in [5.41, 5.74) is 2.77. The van der Waals surface area contributed by atoms with Crippen LogP contribution in [0.1, 0.15) is 32.3 Å². The van der Waals surface area contributed by atoms with E-state index in [1.54, 1.807) is 17.9 Å². The highest BCUT2D eigenvalue weighted by molar-refractivity contribution is 5.82. The summed E-state index contributed by atoms with van der Waals surface area (Å²) in [6.45, 7) is 7.60. The van der Waals surface area contributed by atoms with Crippen LogP contribution in [0.15, 0.2) is 30.3 Å². The van der Waals surface area contributed by atoms with Crippen molar-refractivity contribution in [3.63, 3.8) is 0 Å². The Bertz CT molecular complexity index is 985. The predicted octanol–water partition coefficient (Wildman–Crippen LogP) is 3.59. The normalized spacial score (nSPS) is 11.2. The third-order valence-electron chi connectivity index (χ3n) is 4.72. The van der Waals surface area contributed by atoms with Gasteiger partial charge in [-0.05, 0) is 47.0 Å². The first kappa shape index (κ1) is 20.6. The molecule has 0 fully saturated rings. The molecule has 2 N–H and O–H groups in total. The highest BCUT2D eigenvalue weighted by Crippen LogP contribution is 2.43. The van der Waals surface area contributed by atoms with Gasteiger partial charge in [0.2, 0.25) is 0 Å². The molecule has 0 spiro atoms. The van der Waals surface area contributed by atoms with Crippen LogP contribution in [-0.2, 0) is 11.3 Å². The summed E-state index contributed by atoms with van der Waals surface area (Å²) in [6.07, 6.45) is 0. The zero-order chi connectivity index (χ0) is 21.0. The standard InChI is InChI=1S/C21H26N4O4/c1-5-29-9-8-25-21(22-23-24-25)17-11-15(18(26)12-19(17)27)16-10-14(13(2)3)6-7-20(16)28-4/h6-7,10-13,26-27H,5,8-9H2,1-4H3. The van der Waals surface area contributed by atoms with Gasteiger partial charge in [0, 0.05) is 23.8 Å². The number of tetrazole rings is 1. The van der Waals surface area contributed by atoms with Crippen LogP contribution in [0.2, 0.25) is 0 Å². The summed E-state index contributed by atoms with van der Waals surface area (Å²) in [5, 5.41) is 32.8. The quantitative estimate of drug-likeness (QED) is 0.559. The molecule has 1 aromatic heterocycles. The van der Waals surface area contributed by atoms with Gasteiger partial charge in [0.15, 0.2) is 5.82 Å². The number of nitrogens with zero attached hydrogens (tertiary/aromatic N) is 4. The van der Waals surface area contributed by atoms with Gasteiger partial charge in [-0.15, -0.1) is 5.10 Å². The van der Waals surface area contributed by atoms with Gasteiger partial charge >= 0.3 is 0 Å². The molecular formula is C21H26N4O4. The monoisotopic (exact) mass is 398 g/mol. The van der Waals surface area contributed by atoms with E-state index in [2.05, 4.69) is 29.4 Å². The van der Waals surface area contributed by atoms with E-state index in [-0.39, 0.29) is 11.5 Å². The van der Waals surface area contributed by atoms with Crippen LogP contribution in [0.4, 0.5) is 0 Å². The Morgan fingerprint density at radius 1 is 1.03 bits per heavy atom. The Hall–Kier alpha value is -3.13. The molecule has 0 radical (unpaired) electrons. The third-order valence-corrected chi connectivity index (χ3v) is 4.72. The number of methoxy groups -OCH3 is 1. The molecule has 0 saturated heterocycles. The Morgan fingerprint density at radius 2 is 1.79 bits per heavy atom. The number of rotatable bonds is 8. The van der Waals surface area contributed by atoms with Gasteiger partial charge in [0.05, 0.1) is 25.8 Å². The van der Waals surface area contributed by atoms with Crippen molar-refractivity contribution in [1.82, 2.24) is 20.2 Å². The fraction of sp³-hybridized carbons (Fsp3) is 0.381. The summed E-state index contributed by atoms with van der Waals surface area (Å²) in [7, 11) is 1.58. The molecule has 2 aromatic carbocycles. The minimum Gasteiger partial charge on any atom is -0.507 e. The smallest absolute Gasteiger partial charge is 0.185 e. The minimum atomic E-state index is -0.113. The minimum absolute atomic E-state index is 0.0567. The first-order valence-electron chi connectivity index (χ1n) is 9.54. The Balaban J connectivity index is 2.11. The molecule has 0 aliphatic carbocycles. The van der Waals surface area contributed by atoms with E-state index in [1.165, 1.54) is 6.07 Å². The Morgan fingerprint density at radius 3 is 2.48 bits per heavy atom. The maximum Gasteiger partial charge on any atom is 0.185 e. The molecule has 0 aliphatic rings. The number of phenols is 2. The molecule has 8 nitrogen and oxygen atoms in total. The second-order valence-electron chi connectivity index (χ2n) is 6.92. The van der Waals surface area contributed by atoms with Gasteiger partial charge in [0.1, 0.15) is 17.2 Å². The lowest BCUT2D eigenvalue weighted by Gasteiger charge is -2.15. The molecule has 0 atom stereocenters. The van der Waals surface area contributed by atoms with E-state index < -0.39 is 0 Å². The lowest BCUT2D eigenvalue weighted by Crippen LogP contribution is -2.09. The van der Waals surface area contributed by atoms with Gasteiger partial charge < -0.3 is 19.7 Å². The average Bonchev–Trinajstić information content (AvgIpc) is 3.16. The molecule has 0 amide bonds. The topological polar surface area (TPSA) is 103 Å². The first-order valence-corrected chi connectivity index (χ1v) is 9.54. The third kappa shape index (κ3) is 4.32. The number of ether oxygens (including phenoxy) is 2. The van der Waals surface area contributed by atoms with E-state index in [9.17, 15) is 10.2 Å². The Labute approximate surface area is 169 Å². The van der Waals surface area contributed by atoms with Crippen molar-refractivity contribution < 1.29 is 19.7 Å². The highest BCUT2D eigenvalue weighted by Gasteiger charge is 2.20. The van der Waals surface area contributed by atoms with Crippen molar-refractivity contribution in [2.24, 2.45) is 0 Å². The van der Waals surface area contributed by atoms with Gasteiger partial charge in [0.25, 0.3) is 0 Å². The van der Waals surface area contributed by atoms with Crippen molar-refractivity contribution in [3.8, 4) is 39.8 Å². The molecule has 3 rings (SSSR count). The molecular weight excluding hydrogens is 372 g/mol. The zero-order valence-electron chi connectivity index (χ0n) is 17.1. The van der Waals surface area contributed by atoms with Crippen LogP contribution in [0, 0.1) is 0 Å². The molecule has 1 heterocycles. The molecule has 3 aromatic rings. The van der Waals surface area contributed by atoms with Gasteiger partial charge in [-0.2, -0.15) is 0 Å². The number of benzene rings is 2. The van der Waals surface area contributed by atoms with Crippen LogP contribution < -0.4 is 4.74 Å². The number of aromatic nitrogens is 4. The van der Waals surface area contributed by atoms with Crippen molar-refractivity contribution in [1.29, 1.82) is 0 Å². The average molecular weight is 398 g/mol. The number of hydrogen-bond donors (Lipinski definition) is 2. The molecule has 0 unspecified atom stereocenters. The zero-order valence-corrected chi connectivity index (χ0v) is 17.1. The molecule has 0 saturated carbocycles. The van der Waals surface area contributed by atoms with Gasteiger partial charge in [-0.1, -0.05) is 19.9 Å². The van der Waals surface area contributed by atoms with Crippen molar-refractivity contribution >= 4 is 0 Å². The Kier molecular flexibility index (Phi) is 6.33. The molecule has 154 valence electrons. The largest absolute Gasteiger partial charge is 0.507 e. The molecule has 29 heavy (non-hydrogen) atoms. The van der Waals surface area contributed by atoms with E-state index in [0.717, 1.165) is 11.1 Å². The predicted molar refractivity (Wildman–Crippen MR) is 109 cm³/mol. The number of hydrogen-bond acceptors (Lipinski definition) is 7. The highest BCUT2D eigenvalue weighted by atomic mass is 16.5. The van der Waals surface area contributed by atoms with Gasteiger partial charge in [-0.25, -0.2) is 4.68 Å². The van der Waals surface area contributed by atoms with Gasteiger partial charge in [-0.3, -0.25) is 0 Å². The molecule has 0 bridgehead atoms. The molecule has 8 heteroatoms. The maximum absolute atomic E-state index is 10.6. The summed E-state index contributed by atoms with van der Waals surface area (Å²) in [5.74, 6) is 1.15. The van der Waals surface area contributed by atoms with E-state index >= 15 is 0 Å². The summed E-state index contributed by atoms with van der Waals surface area (Å²) in [6, 6.07) is 8.84. The second-order valence-corrected chi connectivity index (χ2v) is 6.92. The summed E-state index contributed by atoms with van der Waals surface area (Å²) >= 11 is 0. The maximum atomic E-state index is 10.6. The fourth-order valence-corrected chi connectivity index (χ4v) is 3.11. The van der Waals surface area contributed by atoms with Crippen LogP contribution >= 0.6 is 0 Å². The van der Waals surface area contributed by atoms with Crippen molar-refractivity contribution in [2.45, 2.75) is 33.2 Å². The molecule has 0 aliphatic heterocycles. The SMILES string of the molecule is CCOCCn1nnnc1-c1cc(-c2cc(C(C)C)ccc2OC)c(O)cc1O.